The Balaban J connectivity index is 0.965. The van der Waals surface area contributed by atoms with Crippen molar-refractivity contribution < 1.29 is 9.32 Å². The summed E-state index contributed by atoms with van der Waals surface area (Å²) >= 11 is 0. The SMILES string of the molecule is O=C(NCCCCC1CCN(Cc2ccccc2)CC1)c1noc(C2CN3CCC2CC3)n1. The van der Waals surface area contributed by atoms with Gasteiger partial charge in [-0.3, -0.25) is 9.69 Å². The van der Waals surface area contributed by atoms with Gasteiger partial charge in [-0.2, -0.15) is 4.98 Å². The number of carbonyl (C=O) groups excluding carboxylic acids is 1. The van der Waals surface area contributed by atoms with E-state index in [4.69, 9.17) is 4.52 Å². The van der Waals surface area contributed by atoms with Crippen molar-refractivity contribution in [1.29, 1.82) is 0 Å². The van der Waals surface area contributed by atoms with Gasteiger partial charge >= 0.3 is 0 Å². The molecule has 0 aliphatic carbocycles. The van der Waals surface area contributed by atoms with Gasteiger partial charge < -0.3 is 14.7 Å². The van der Waals surface area contributed by atoms with Gasteiger partial charge in [0.2, 0.25) is 5.89 Å². The van der Waals surface area contributed by atoms with Crippen molar-refractivity contribution in [3.63, 3.8) is 0 Å². The first kappa shape index (κ1) is 22.5. The largest absolute Gasteiger partial charge is 0.349 e. The maximum atomic E-state index is 12.4. The number of rotatable bonds is 9. The molecule has 0 saturated carbocycles. The molecule has 6 rings (SSSR count). The van der Waals surface area contributed by atoms with E-state index in [1.807, 2.05) is 0 Å². The molecule has 0 radical (unpaired) electrons. The maximum absolute atomic E-state index is 12.4. The van der Waals surface area contributed by atoms with Crippen molar-refractivity contribution in [2.75, 3.05) is 39.3 Å². The van der Waals surface area contributed by atoms with Gasteiger partial charge in [0.25, 0.3) is 11.7 Å². The highest BCUT2D eigenvalue weighted by atomic mass is 16.5. The Morgan fingerprint density at radius 3 is 2.55 bits per heavy atom. The van der Waals surface area contributed by atoms with Gasteiger partial charge in [0.05, 0.1) is 5.92 Å². The van der Waals surface area contributed by atoms with Crippen LogP contribution < -0.4 is 5.32 Å². The van der Waals surface area contributed by atoms with Crippen molar-refractivity contribution in [2.45, 2.75) is 57.4 Å². The zero-order valence-electron chi connectivity index (χ0n) is 19.6. The van der Waals surface area contributed by atoms with Gasteiger partial charge in [0.15, 0.2) is 0 Å². The minimum atomic E-state index is -0.208. The fraction of sp³-hybridized carbons (Fsp3) is 0.654. The Labute approximate surface area is 196 Å². The fourth-order valence-corrected chi connectivity index (χ4v) is 5.84. The van der Waals surface area contributed by atoms with Crippen molar-refractivity contribution in [3.8, 4) is 0 Å². The molecule has 4 fully saturated rings. The minimum Gasteiger partial charge on any atom is -0.349 e. The van der Waals surface area contributed by atoms with Gasteiger partial charge in [-0.05, 0) is 75.7 Å². The van der Waals surface area contributed by atoms with Gasteiger partial charge in [0.1, 0.15) is 0 Å². The molecule has 33 heavy (non-hydrogen) atoms. The summed E-state index contributed by atoms with van der Waals surface area (Å²) in [6.45, 7) is 7.46. The number of hydrogen-bond donors (Lipinski definition) is 1. The summed E-state index contributed by atoms with van der Waals surface area (Å²) in [5.41, 5.74) is 1.41. The number of hydrogen-bond acceptors (Lipinski definition) is 6. The van der Waals surface area contributed by atoms with Crippen LogP contribution in [-0.4, -0.2) is 65.1 Å². The summed E-state index contributed by atoms with van der Waals surface area (Å²) in [6, 6.07) is 10.8. The Hall–Kier alpha value is -2.25. The monoisotopic (exact) mass is 451 g/mol. The Kier molecular flexibility index (Phi) is 7.37. The second-order valence-corrected chi connectivity index (χ2v) is 10.2. The van der Waals surface area contributed by atoms with Crippen LogP contribution in [0.2, 0.25) is 0 Å². The van der Waals surface area contributed by atoms with E-state index in [1.165, 1.54) is 63.8 Å². The molecule has 4 aliphatic rings. The summed E-state index contributed by atoms with van der Waals surface area (Å²) in [4.78, 5) is 21.9. The molecule has 4 aliphatic heterocycles. The molecule has 0 spiro atoms. The lowest BCUT2D eigenvalue weighted by Crippen LogP contribution is -2.46. The van der Waals surface area contributed by atoms with Crippen LogP contribution in [0.4, 0.5) is 0 Å². The highest BCUT2D eigenvalue weighted by Gasteiger charge is 2.38. The number of piperidine rings is 4. The molecule has 7 heteroatoms. The van der Waals surface area contributed by atoms with Crippen LogP contribution >= 0.6 is 0 Å². The van der Waals surface area contributed by atoms with E-state index >= 15 is 0 Å². The number of benzene rings is 1. The van der Waals surface area contributed by atoms with Crippen molar-refractivity contribution in [1.82, 2.24) is 25.3 Å². The van der Waals surface area contributed by atoms with Crippen LogP contribution in [0.15, 0.2) is 34.9 Å². The van der Waals surface area contributed by atoms with Crippen molar-refractivity contribution >= 4 is 5.91 Å². The van der Waals surface area contributed by atoms with Gasteiger partial charge in [-0.25, -0.2) is 0 Å². The van der Waals surface area contributed by atoms with Gasteiger partial charge in [-0.15, -0.1) is 0 Å². The Morgan fingerprint density at radius 1 is 1.03 bits per heavy atom. The van der Waals surface area contributed by atoms with E-state index in [1.54, 1.807) is 0 Å². The van der Waals surface area contributed by atoms with Crippen LogP contribution in [0.25, 0.3) is 0 Å². The third-order valence-corrected chi connectivity index (χ3v) is 7.90. The molecule has 1 N–H and O–H groups in total. The normalized spacial score (nSPS) is 25.9. The van der Waals surface area contributed by atoms with Gasteiger partial charge in [-0.1, -0.05) is 48.3 Å². The smallest absolute Gasteiger partial charge is 0.292 e. The van der Waals surface area contributed by atoms with E-state index in [9.17, 15) is 4.79 Å². The molecule has 1 aromatic carbocycles. The molecule has 1 atom stereocenters. The number of nitrogens with one attached hydrogen (secondary N) is 1. The Morgan fingerprint density at radius 2 is 1.82 bits per heavy atom. The van der Waals surface area contributed by atoms with E-state index < -0.39 is 0 Å². The molecule has 178 valence electrons. The first-order chi connectivity index (χ1) is 16.2. The first-order valence-corrected chi connectivity index (χ1v) is 12.8. The predicted octanol–water partition coefficient (Wildman–Crippen LogP) is 3.69. The molecule has 5 heterocycles. The molecular formula is C26H37N5O2. The van der Waals surface area contributed by atoms with Crippen molar-refractivity contribution in [2.24, 2.45) is 11.8 Å². The predicted molar refractivity (Wildman–Crippen MR) is 127 cm³/mol. The Bertz CT molecular complexity index is 885. The second-order valence-electron chi connectivity index (χ2n) is 10.2. The van der Waals surface area contributed by atoms with E-state index in [-0.39, 0.29) is 11.7 Å². The number of unbranched alkanes of at least 4 members (excludes halogenated alkanes) is 1. The molecule has 4 saturated heterocycles. The summed E-state index contributed by atoms with van der Waals surface area (Å²) in [6.07, 6.45) is 8.36. The average molecular weight is 452 g/mol. The highest BCUT2D eigenvalue weighted by molar-refractivity contribution is 5.90. The lowest BCUT2D eigenvalue weighted by molar-refractivity contribution is 0.0727. The van der Waals surface area contributed by atoms with Crippen LogP contribution in [0.3, 0.4) is 0 Å². The van der Waals surface area contributed by atoms with Crippen LogP contribution in [0.1, 0.15) is 72.9 Å². The lowest BCUT2D eigenvalue weighted by atomic mass is 9.79. The van der Waals surface area contributed by atoms with E-state index in [2.05, 4.69) is 55.6 Å². The number of carbonyl (C=O) groups is 1. The first-order valence-electron chi connectivity index (χ1n) is 12.8. The standard InChI is InChI=1S/C26H37N5O2/c32-25(24-28-26(33-29-24)23-19-31-16-11-22(23)12-17-31)27-13-5-4-6-20-9-14-30(15-10-20)18-21-7-2-1-3-8-21/h1-3,7-8,20,22-23H,4-6,9-19H2,(H,27,32). The quantitative estimate of drug-likeness (QED) is 0.586. The molecule has 1 amide bonds. The number of fused-ring (bicyclic) bond motifs is 3. The topological polar surface area (TPSA) is 74.5 Å². The minimum absolute atomic E-state index is 0.187. The fourth-order valence-electron chi connectivity index (χ4n) is 5.84. The summed E-state index contributed by atoms with van der Waals surface area (Å²) in [7, 11) is 0. The summed E-state index contributed by atoms with van der Waals surface area (Å²) in [5.74, 6) is 2.35. The molecule has 1 unspecified atom stereocenters. The van der Waals surface area contributed by atoms with Crippen LogP contribution in [0, 0.1) is 11.8 Å². The zero-order valence-corrected chi connectivity index (χ0v) is 19.6. The third-order valence-electron chi connectivity index (χ3n) is 7.90. The number of amides is 1. The maximum Gasteiger partial charge on any atom is 0.292 e. The molecule has 2 aromatic rings. The highest BCUT2D eigenvalue weighted by Crippen LogP contribution is 2.38. The number of likely N-dealkylation sites (tertiary alicyclic amines) is 1. The lowest BCUT2D eigenvalue weighted by Gasteiger charge is -2.43. The third kappa shape index (κ3) is 5.82. The second kappa shape index (κ2) is 10.8. The van der Waals surface area contributed by atoms with Gasteiger partial charge in [0, 0.05) is 19.6 Å². The molecule has 7 nitrogen and oxygen atoms in total. The molecule has 2 bridgehead atoms. The number of aromatic nitrogens is 2. The van der Waals surface area contributed by atoms with Crippen LogP contribution in [-0.2, 0) is 6.54 Å². The molecule has 1 aromatic heterocycles. The molecular weight excluding hydrogens is 414 g/mol. The zero-order chi connectivity index (χ0) is 22.5. The average Bonchev–Trinajstić information content (AvgIpc) is 3.37. The van der Waals surface area contributed by atoms with E-state index in [0.717, 1.165) is 31.8 Å². The summed E-state index contributed by atoms with van der Waals surface area (Å²) in [5, 5.41) is 6.94. The van der Waals surface area contributed by atoms with E-state index in [0.29, 0.717) is 24.3 Å². The number of nitrogens with zero attached hydrogens (tertiary/aromatic N) is 4. The summed E-state index contributed by atoms with van der Waals surface area (Å²) < 4.78 is 5.48. The van der Waals surface area contributed by atoms with Crippen LogP contribution in [0.5, 0.6) is 0 Å². The van der Waals surface area contributed by atoms with Crippen molar-refractivity contribution in [3.05, 3.63) is 47.6 Å².